The summed E-state index contributed by atoms with van der Waals surface area (Å²) in [6, 6.07) is 1.66. The molecule has 5 heteroatoms. The molecular weight excluding hydrogens is 232 g/mol. The molecule has 18 heavy (non-hydrogen) atoms. The molecule has 0 saturated carbocycles. The van der Waals surface area contributed by atoms with Gasteiger partial charge in [-0.25, -0.2) is 0 Å². The Labute approximate surface area is 106 Å². The number of aromatic nitrogens is 1. The van der Waals surface area contributed by atoms with Crippen LogP contribution in [0.3, 0.4) is 0 Å². The van der Waals surface area contributed by atoms with E-state index in [-0.39, 0.29) is 17.9 Å². The lowest BCUT2D eigenvalue weighted by atomic mass is 10.0. The molecule has 0 bridgehead atoms. The van der Waals surface area contributed by atoms with E-state index in [1.807, 2.05) is 0 Å². The van der Waals surface area contributed by atoms with Gasteiger partial charge in [0.05, 0.1) is 25.0 Å². The molecule has 2 heterocycles. The van der Waals surface area contributed by atoms with E-state index >= 15 is 0 Å². The molecule has 1 saturated heterocycles. The number of carbonyl (C=O) groups excluding carboxylic acids is 1. The zero-order valence-electron chi connectivity index (χ0n) is 10.7. The molecule has 1 aromatic rings. The highest BCUT2D eigenvalue weighted by atomic mass is 16.5. The third-order valence-electron chi connectivity index (χ3n) is 3.43. The average molecular weight is 250 g/mol. The van der Waals surface area contributed by atoms with Gasteiger partial charge in [-0.15, -0.1) is 0 Å². The van der Waals surface area contributed by atoms with Crippen LogP contribution in [0, 0.1) is 5.92 Å². The van der Waals surface area contributed by atoms with E-state index in [1.54, 1.807) is 24.1 Å². The molecule has 5 nitrogen and oxygen atoms in total. The Hall–Kier alpha value is -1.62. The summed E-state index contributed by atoms with van der Waals surface area (Å²) in [5.74, 6) is 0.599. The molecule has 0 aromatic carbocycles. The molecule has 1 N–H and O–H groups in total. The smallest absolute Gasteiger partial charge is 0.257 e. The number of aliphatic hydroxyl groups is 1. The topological polar surface area (TPSA) is 62.7 Å². The Morgan fingerprint density at radius 2 is 2.44 bits per heavy atom. The summed E-state index contributed by atoms with van der Waals surface area (Å²) in [5.41, 5.74) is 0.527. The maximum absolute atomic E-state index is 12.3. The number of nitrogens with zero attached hydrogens (tertiary/aromatic N) is 2. The molecule has 2 atom stereocenters. The second-order valence-corrected chi connectivity index (χ2v) is 4.62. The minimum Gasteiger partial charge on any atom is -0.494 e. The lowest BCUT2D eigenvalue weighted by molar-refractivity contribution is 0.0759. The van der Waals surface area contributed by atoms with Crippen molar-refractivity contribution in [2.45, 2.75) is 19.4 Å². The Morgan fingerprint density at radius 3 is 3.06 bits per heavy atom. The third kappa shape index (κ3) is 2.46. The first-order valence-electron chi connectivity index (χ1n) is 6.09. The number of carbonyl (C=O) groups is 1. The van der Waals surface area contributed by atoms with Crippen molar-refractivity contribution in [2.75, 3.05) is 20.2 Å². The van der Waals surface area contributed by atoms with Crippen LogP contribution in [-0.2, 0) is 0 Å². The number of pyridine rings is 1. The zero-order chi connectivity index (χ0) is 13.1. The van der Waals surface area contributed by atoms with Gasteiger partial charge in [-0.05, 0) is 19.4 Å². The van der Waals surface area contributed by atoms with Crippen molar-refractivity contribution >= 4 is 5.91 Å². The number of hydrogen-bond acceptors (Lipinski definition) is 4. The van der Waals surface area contributed by atoms with Crippen molar-refractivity contribution in [2.24, 2.45) is 5.92 Å². The number of hydrogen-bond donors (Lipinski definition) is 1. The highest BCUT2D eigenvalue weighted by Gasteiger charge is 2.30. The predicted octanol–water partition coefficient (Wildman–Crippen LogP) is 0.933. The highest BCUT2D eigenvalue weighted by Crippen LogP contribution is 2.24. The van der Waals surface area contributed by atoms with Crippen molar-refractivity contribution in [3.8, 4) is 5.75 Å². The number of ether oxygens (including phenoxy) is 1. The van der Waals surface area contributed by atoms with Crippen molar-refractivity contribution in [1.29, 1.82) is 0 Å². The van der Waals surface area contributed by atoms with Gasteiger partial charge in [-0.3, -0.25) is 9.78 Å². The van der Waals surface area contributed by atoms with Gasteiger partial charge in [0.1, 0.15) is 5.75 Å². The molecule has 1 aliphatic heterocycles. The Bertz CT molecular complexity index is 434. The number of rotatable bonds is 3. The standard InChI is InChI=1S/C13H18N2O3/c1-9(16)10-4-6-15(8-10)13(17)11-3-5-14-7-12(11)18-2/h3,5,7,9-10,16H,4,6,8H2,1-2H3. The van der Waals surface area contributed by atoms with Crippen molar-refractivity contribution < 1.29 is 14.6 Å². The Kier molecular flexibility index (Phi) is 3.81. The number of methoxy groups -OCH3 is 1. The summed E-state index contributed by atoms with van der Waals surface area (Å²) in [5, 5.41) is 9.55. The van der Waals surface area contributed by atoms with Crippen molar-refractivity contribution in [1.82, 2.24) is 9.88 Å². The lowest BCUT2D eigenvalue weighted by Crippen LogP contribution is -2.30. The van der Waals surface area contributed by atoms with Gasteiger partial charge in [0, 0.05) is 25.2 Å². The lowest BCUT2D eigenvalue weighted by Gasteiger charge is -2.18. The summed E-state index contributed by atoms with van der Waals surface area (Å²) in [6.07, 6.45) is 3.59. The highest BCUT2D eigenvalue weighted by molar-refractivity contribution is 5.96. The molecular formula is C13H18N2O3. The van der Waals surface area contributed by atoms with Gasteiger partial charge in [-0.2, -0.15) is 0 Å². The van der Waals surface area contributed by atoms with Gasteiger partial charge >= 0.3 is 0 Å². The summed E-state index contributed by atoms with van der Waals surface area (Å²) in [4.78, 5) is 18.0. The van der Waals surface area contributed by atoms with Crippen LogP contribution < -0.4 is 4.74 Å². The minimum absolute atomic E-state index is 0.0580. The molecule has 1 fully saturated rings. The van der Waals surface area contributed by atoms with Crippen LogP contribution in [-0.4, -0.2) is 47.2 Å². The van der Waals surface area contributed by atoms with Gasteiger partial charge in [0.15, 0.2) is 0 Å². The van der Waals surface area contributed by atoms with Crippen molar-refractivity contribution in [3.05, 3.63) is 24.0 Å². The number of amides is 1. The van der Waals surface area contributed by atoms with E-state index < -0.39 is 0 Å². The van der Waals surface area contributed by atoms with Crippen LogP contribution in [0.1, 0.15) is 23.7 Å². The van der Waals surface area contributed by atoms with E-state index in [9.17, 15) is 9.90 Å². The molecule has 1 aliphatic rings. The van der Waals surface area contributed by atoms with Crippen LogP contribution in [0.4, 0.5) is 0 Å². The molecule has 0 radical (unpaired) electrons. The van der Waals surface area contributed by atoms with E-state index in [1.165, 1.54) is 13.3 Å². The van der Waals surface area contributed by atoms with Crippen LogP contribution in [0.15, 0.2) is 18.5 Å². The van der Waals surface area contributed by atoms with Gasteiger partial charge in [-0.1, -0.05) is 0 Å². The van der Waals surface area contributed by atoms with Crippen molar-refractivity contribution in [3.63, 3.8) is 0 Å². The van der Waals surface area contributed by atoms with E-state index in [4.69, 9.17) is 4.74 Å². The first-order valence-corrected chi connectivity index (χ1v) is 6.09. The number of likely N-dealkylation sites (tertiary alicyclic amines) is 1. The molecule has 98 valence electrons. The van der Waals surface area contributed by atoms with Crippen LogP contribution >= 0.6 is 0 Å². The first-order chi connectivity index (χ1) is 8.63. The predicted molar refractivity (Wildman–Crippen MR) is 66.5 cm³/mol. The fourth-order valence-corrected chi connectivity index (χ4v) is 2.26. The molecule has 2 unspecified atom stereocenters. The molecule has 1 amide bonds. The van der Waals surface area contributed by atoms with Crippen LogP contribution in [0.5, 0.6) is 5.75 Å². The van der Waals surface area contributed by atoms with Crippen LogP contribution in [0.2, 0.25) is 0 Å². The fourth-order valence-electron chi connectivity index (χ4n) is 2.26. The summed E-state index contributed by atoms with van der Waals surface area (Å²) < 4.78 is 5.14. The van der Waals surface area contributed by atoms with Crippen LogP contribution in [0.25, 0.3) is 0 Å². The second-order valence-electron chi connectivity index (χ2n) is 4.62. The summed E-state index contributed by atoms with van der Waals surface area (Å²) in [7, 11) is 1.52. The van der Waals surface area contributed by atoms with E-state index in [2.05, 4.69) is 4.98 Å². The van der Waals surface area contributed by atoms with E-state index in [0.717, 1.165) is 6.42 Å². The molecule has 1 aromatic heterocycles. The summed E-state index contributed by atoms with van der Waals surface area (Å²) in [6.45, 7) is 3.05. The monoisotopic (exact) mass is 250 g/mol. The van der Waals surface area contributed by atoms with Gasteiger partial charge in [0.2, 0.25) is 0 Å². The fraction of sp³-hybridized carbons (Fsp3) is 0.538. The Morgan fingerprint density at radius 1 is 1.67 bits per heavy atom. The number of aliphatic hydroxyl groups excluding tert-OH is 1. The van der Waals surface area contributed by atoms with Gasteiger partial charge < -0.3 is 14.7 Å². The zero-order valence-corrected chi connectivity index (χ0v) is 10.7. The third-order valence-corrected chi connectivity index (χ3v) is 3.43. The molecule has 0 aliphatic carbocycles. The molecule has 2 rings (SSSR count). The SMILES string of the molecule is COc1cnccc1C(=O)N1CCC(C(C)O)C1. The molecule has 0 spiro atoms. The maximum atomic E-state index is 12.3. The second kappa shape index (κ2) is 5.35. The first kappa shape index (κ1) is 12.8. The quantitative estimate of drug-likeness (QED) is 0.867. The van der Waals surface area contributed by atoms with E-state index in [0.29, 0.717) is 24.4 Å². The summed E-state index contributed by atoms with van der Waals surface area (Å²) >= 11 is 0. The Balaban J connectivity index is 2.13. The normalized spacial score (nSPS) is 20.8. The van der Waals surface area contributed by atoms with Gasteiger partial charge in [0.25, 0.3) is 5.91 Å². The maximum Gasteiger partial charge on any atom is 0.257 e. The minimum atomic E-state index is -0.373. The average Bonchev–Trinajstić information content (AvgIpc) is 2.87. The largest absolute Gasteiger partial charge is 0.494 e.